The SMILES string of the molecule is C=CCN1CCC(NC(=NCC2CN(C)CCN2C)NCC)CC1.I. The van der Waals surface area contributed by atoms with Crippen molar-refractivity contribution >= 4 is 29.9 Å². The number of rotatable bonds is 6. The first-order chi connectivity index (χ1) is 11.6. The maximum atomic E-state index is 4.87. The summed E-state index contributed by atoms with van der Waals surface area (Å²) in [5.74, 6) is 0.973. The van der Waals surface area contributed by atoms with E-state index in [1.165, 1.54) is 12.8 Å². The van der Waals surface area contributed by atoms with Gasteiger partial charge < -0.3 is 15.5 Å². The molecule has 0 bridgehead atoms. The zero-order valence-corrected chi connectivity index (χ0v) is 18.5. The number of nitrogens with one attached hydrogen (secondary N) is 2. The Bertz CT molecular complexity index is 408. The summed E-state index contributed by atoms with van der Waals surface area (Å²) in [5.41, 5.74) is 0. The maximum Gasteiger partial charge on any atom is 0.191 e. The lowest BCUT2D eigenvalue weighted by molar-refractivity contribution is 0.119. The number of aliphatic imine (C=N–C) groups is 1. The number of halogens is 1. The van der Waals surface area contributed by atoms with Gasteiger partial charge in [-0.05, 0) is 33.9 Å². The quantitative estimate of drug-likeness (QED) is 0.267. The van der Waals surface area contributed by atoms with Crippen LogP contribution < -0.4 is 10.6 Å². The van der Waals surface area contributed by atoms with Crippen LogP contribution in [0.25, 0.3) is 0 Å². The van der Waals surface area contributed by atoms with Crippen LogP contribution in [-0.2, 0) is 0 Å². The molecule has 0 amide bonds. The summed E-state index contributed by atoms with van der Waals surface area (Å²) < 4.78 is 0. The molecular weight excluding hydrogens is 427 g/mol. The molecule has 0 saturated carbocycles. The van der Waals surface area contributed by atoms with Gasteiger partial charge in [0.1, 0.15) is 0 Å². The van der Waals surface area contributed by atoms with Gasteiger partial charge in [-0.2, -0.15) is 0 Å². The van der Waals surface area contributed by atoms with E-state index in [1.54, 1.807) is 0 Å². The highest BCUT2D eigenvalue weighted by atomic mass is 127. The lowest BCUT2D eigenvalue weighted by Crippen LogP contribution is -2.52. The monoisotopic (exact) mass is 464 g/mol. The van der Waals surface area contributed by atoms with Crippen molar-refractivity contribution in [1.82, 2.24) is 25.3 Å². The number of nitrogens with zero attached hydrogens (tertiary/aromatic N) is 4. The molecule has 1 unspecified atom stereocenters. The van der Waals surface area contributed by atoms with E-state index < -0.39 is 0 Å². The topological polar surface area (TPSA) is 46.1 Å². The predicted molar refractivity (Wildman–Crippen MR) is 118 cm³/mol. The lowest BCUT2D eigenvalue weighted by Gasteiger charge is -2.37. The van der Waals surface area contributed by atoms with Crippen LogP contribution in [0.3, 0.4) is 0 Å². The highest BCUT2D eigenvalue weighted by molar-refractivity contribution is 14.0. The standard InChI is InChI=1S/C18H36N6.HI/c1-5-9-24-10-7-16(8-11-24)21-18(19-6-2)20-14-17-15-22(3)12-13-23(17)4;/h5,16-17H,1,6-15H2,2-4H3,(H2,19,20,21);1H. The van der Waals surface area contributed by atoms with Gasteiger partial charge in [0.15, 0.2) is 5.96 Å². The fourth-order valence-electron chi connectivity index (χ4n) is 3.45. The van der Waals surface area contributed by atoms with Crippen molar-refractivity contribution < 1.29 is 0 Å². The van der Waals surface area contributed by atoms with E-state index in [0.717, 1.165) is 58.3 Å². The van der Waals surface area contributed by atoms with Crippen LogP contribution in [0, 0.1) is 0 Å². The Kier molecular flexibility index (Phi) is 11.0. The predicted octanol–water partition coefficient (Wildman–Crippen LogP) is 1.06. The van der Waals surface area contributed by atoms with E-state index >= 15 is 0 Å². The van der Waals surface area contributed by atoms with Crippen molar-refractivity contribution in [3.63, 3.8) is 0 Å². The molecule has 0 radical (unpaired) electrons. The number of piperazine rings is 1. The summed E-state index contributed by atoms with van der Waals surface area (Å²) in [4.78, 5) is 12.2. The fourth-order valence-corrected chi connectivity index (χ4v) is 3.45. The molecule has 7 heteroatoms. The molecule has 1 atom stereocenters. The van der Waals surface area contributed by atoms with Crippen molar-refractivity contribution in [2.75, 3.05) is 66.5 Å². The molecule has 6 nitrogen and oxygen atoms in total. The molecule has 2 aliphatic rings. The summed E-state index contributed by atoms with van der Waals surface area (Å²) in [6, 6.07) is 1.03. The maximum absolute atomic E-state index is 4.87. The molecule has 2 aliphatic heterocycles. The average molecular weight is 464 g/mol. The number of likely N-dealkylation sites (N-methyl/N-ethyl adjacent to an activating group) is 2. The van der Waals surface area contributed by atoms with E-state index in [2.05, 4.69) is 52.9 Å². The van der Waals surface area contributed by atoms with E-state index in [-0.39, 0.29) is 24.0 Å². The first-order valence-corrected chi connectivity index (χ1v) is 9.39. The second-order valence-electron chi connectivity index (χ2n) is 7.12. The molecule has 0 aromatic rings. The van der Waals surface area contributed by atoms with Crippen molar-refractivity contribution in [3.05, 3.63) is 12.7 Å². The van der Waals surface area contributed by atoms with E-state index in [1.807, 2.05) is 6.08 Å². The van der Waals surface area contributed by atoms with Gasteiger partial charge in [0.05, 0.1) is 6.54 Å². The minimum Gasteiger partial charge on any atom is -0.357 e. The van der Waals surface area contributed by atoms with Crippen molar-refractivity contribution in [2.24, 2.45) is 4.99 Å². The number of likely N-dealkylation sites (tertiary alicyclic amines) is 1. The van der Waals surface area contributed by atoms with Gasteiger partial charge in [-0.1, -0.05) is 6.08 Å². The Morgan fingerprint density at radius 2 is 1.92 bits per heavy atom. The Labute approximate surface area is 171 Å². The highest BCUT2D eigenvalue weighted by Gasteiger charge is 2.22. The first-order valence-electron chi connectivity index (χ1n) is 9.39. The lowest BCUT2D eigenvalue weighted by atomic mass is 10.1. The minimum atomic E-state index is 0. The van der Waals surface area contributed by atoms with Gasteiger partial charge in [-0.25, -0.2) is 0 Å². The number of hydrogen-bond acceptors (Lipinski definition) is 4. The Balaban J connectivity index is 0.00000312. The van der Waals surface area contributed by atoms with Gasteiger partial charge >= 0.3 is 0 Å². The Hall–Kier alpha value is -0.380. The number of guanidine groups is 1. The van der Waals surface area contributed by atoms with Gasteiger partial charge in [0.25, 0.3) is 0 Å². The van der Waals surface area contributed by atoms with Gasteiger partial charge in [-0.3, -0.25) is 14.8 Å². The third-order valence-electron chi connectivity index (χ3n) is 5.10. The largest absolute Gasteiger partial charge is 0.357 e. The molecule has 146 valence electrons. The number of piperidine rings is 1. The van der Waals surface area contributed by atoms with Crippen LogP contribution in [-0.4, -0.2) is 99.2 Å². The summed E-state index contributed by atoms with van der Waals surface area (Å²) in [7, 11) is 4.41. The molecule has 0 aromatic carbocycles. The molecule has 2 fully saturated rings. The van der Waals surface area contributed by atoms with E-state index in [9.17, 15) is 0 Å². The van der Waals surface area contributed by atoms with Crippen LogP contribution >= 0.6 is 24.0 Å². The molecule has 2 N–H and O–H groups in total. The summed E-state index contributed by atoms with van der Waals surface area (Å²) in [5, 5.41) is 7.05. The van der Waals surface area contributed by atoms with Gasteiger partial charge in [0, 0.05) is 57.9 Å². The Morgan fingerprint density at radius 3 is 2.56 bits per heavy atom. The first kappa shape index (κ1) is 22.7. The molecule has 25 heavy (non-hydrogen) atoms. The minimum absolute atomic E-state index is 0. The molecule has 2 heterocycles. The zero-order chi connectivity index (χ0) is 17.4. The second-order valence-corrected chi connectivity index (χ2v) is 7.12. The second kappa shape index (κ2) is 12.1. The van der Waals surface area contributed by atoms with Crippen LogP contribution in [0.1, 0.15) is 19.8 Å². The summed E-state index contributed by atoms with van der Waals surface area (Å²) in [6.45, 7) is 14.4. The van der Waals surface area contributed by atoms with Crippen LogP contribution in [0.4, 0.5) is 0 Å². The zero-order valence-electron chi connectivity index (χ0n) is 16.2. The summed E-state index contributed by atoms with van der Waals surface area (Å²) in [6.07, 6.45) is 4.34. The van der Waals surface area contributed by atoms with Crippen molar-refractivity contribution in [2.45, 2.75) is 31.8 Å². The summed E-state index contributed by atoms with van der Waals surface area (Å²) >= 11 is 0. The Morgan fingerprint density at radius 1 is 1.20 bits per heavy atom. The van der Waals surface area contributed by atoms with Gasteiger partial charge in [-0.15, -0.1) is 30.6 Å². The molecule has 0 spiro atoms. The van der Waals surface area contributed by atoms with E-state index in [0.29, 0.717) is 12.1 Å². The fraction of sp³-hybridized carbons (Fsp3) is 0.833. The highest BCUT2D eigenvalue weighted by Crippen LogP contribution is 2.10. The third-order valence-corrected chi connectivity index (χ3v) is 5.10. The van der Waals surface area contributed by atoms with Crippen molar-refractivity contribution in [3.8, 4) is 0 Å². The number of hydrogen-bond donors (Lipinski definition) is 2. The smallest absolute Gasteiger partial charge is 0.191 e. The van der Waals surface area contributed by atoms with Crippen LogP contribution in [0.2, 0.25) is 0 Å². The molecule has 0 aliphatic carbocycles. The van der Waals surface area contributed by atoms with E-state index in [4.69, 9.17) is 4.99 Å². The molecule has 0 aromatic heterocycles. The van der Waals surface area contributed by atoms with Crippen LogP contribution in [0.5, 0.6) is 0 Å². The molecule has 2 rings (SSSR count). The average Bonchev–Trinajstić information content (AvgIpc) is 2.57. The molecule has 2 saturated heterocycles. The van der Waals surface area contributed by atoms with Crippen molar-refractivity contribution in [1.29, 1.82) is 0 Å². The molecular formula is C18H37IN6. The third kappa shape index (κ3) is 7.80. The van der Waals surface area contributed by atoms with Crippen LogP contribution in [0.15, 0.2) is 17.6 Å². The normalized spacial score (nSPS) is 24.6. The van der Waals surface area contributed by atoms with Gasteiger partial charge in [0.2, 0.25) is 0 Å².